The first-order chi connectivity index (χ1) is 9.44. The Hall–Kier alpha value is -1.96. The van der Waals surface area contributed by atoms with Gasteiger partial charge in [0.15, 0.2) is 15.5 Å². The van der Waals surface area contributed by atoms with E-state index >= 15 is 0 Å². The average molecular weight is 294 g/mol. The predicted molar refractivity (Wildman–Crippen MR) is 72.2 cm³/mol. The number of carbonyl (C=O) groups is 1. The SMILES string of the molecule is Cc1nnc2cc(C(=O)NC3CCS(=O)(=O)C3)ccn12. The van der Waals surface area contributed by atoms with Crippen LogP contribution in [0.2, 0.25) is 0 Å². The maximum Gasteiger partial charge on any atom is 0.251 e. The zero-order valence-electron chi connectivity index (χ0n) is 10.9. The van der Waals surface area contributed by atoms with Crippen molar-refractivity contribution in [3.8, 4) is 0 Å². The predicted octanol–water partition coefficient (Wildman–Crippen LogP) is -0.0454. The van der Waals surface area contributed by atoms with Crippen LogP contribution in [0.1, 0.15) is 22.6 Å². The molecule has 1 unspecified atom stereocenters. The first kappa shape index (κ1) is 13.0. The van der Waals surface area contributed by atoms with Gasteiger partial charge in [-0.05, 0) is 25.5 Å². The third-order valence-electron chi connectivity index (χ3n) is 3.41. The van der Waals surface area contributed by atoms with E-state index in [-0.39, 0.29) is 23.5 Å². The average Bonchev–Trinajstić information content (AvgIpc) is 2.92. The highest BCUT2D eigenvalue weighted by molar-refractivity contribution is 7.91. The number of aryl methyl sites for hydroxylation is 1. The van der Waals surface area contributed by atoms with Crippen molar-refractivity contribution < 1.29 is 13.2 Å². The Kier molecular flexibility index (Phi) is 2.97. The van der Waals surface area contributed by atoms with E-state index in [0.29, 0.717) is 17.6 Å². The molecule has 8 heteroatoms. The molecule has 0 saturated carbocycles. The summed E-state index contributed by atoms with van der Waals surface area (Å²) in [6.45, 7) is 1.82. The fourth-order valence-corrected chi connectivity index (χ4v) is 4.00. The fraction of sp³-hybridized carbons (Fsp3) is 0.417. The first-order valence-corrected chi connectivity index (χ1v) is 8.09. The second kappa shape index (κ2) is 4.55. The highest BCUT2D eigenvalue weighted by Crippen LogP contribution is 2.13. The van der Waals surface area contributed by atoms with E-state index in [4.69, 9.17) is 0 Å². The first-order valence-electron chi connectivity index (χ1n) is 6.27. The van der Waals surface area contributed by atoms with Crippen LogP contribution in [0.3, 0.4) is 0 Å². The summed E-state index contributed by atoms with van der Waals surface area (Å²) in [6.07, 6.45) is 2.20. The summed E-state index contributed by atoms with van der Waals surface area (Å²) in [5, 5.41) is 10.6. The monoisotopic (exact) mass is 294 g/mol. The van der Waals surface area contributed by atoms with E-state index in [0.717, 1.165) is 5.82 Å². The third kappa shape index (κ3) is 2.38. The molecule has 0 spiro atoms. The number of aromatic nitrogens is 3. The lowest BCUT2D eigenvalue weighted by Gasteiger charge is -2.10. The minimum absolute atomic E-state index is 0.0189. The van der Waals surface area contributed by atoms with Crippen LogP contribution in [0.25, 0.3) is 5.65 Å². The van der Waals surface area contributed by atoms with Crippen LogP contribution < -0.4 is 5.32 Å². The molecule has 1 fully saturated rings. The standard InChI is InChI=1S/C12H14N4O3S/c1-8-14-15-11-6-9(2-4-16(8)11)12(17)13-10-3-5-20(18,19)7-10/h2,4,6,10H,3,5,7H2,1H3,(H,13,17). The van der Waals surface area contributed by atoms with Crippen LogP contribution in [0.15, 0.2) is 18.3 Å². The van der Waals surface area contributed by atoms with Crippen molar-refractivity contribution in [3.05, 3.63) is 29.7 Å². The normalized spacial score (nSPS) is 21.1. The Labute approximate surface area is 115 Å². The molecule has 1 atom stereocenters. The van der Waals surface area contributed by atoms with Crippen molar-refractivity contribution >= 4 is 21.4 Å². The van der Waals surface area contributed by atoms with Crippen LogP contribution in [-0.4, -0.2) is 46.5 Å². The molecule has 3 rings (SSSR count). The molecule has 0 bridgehead atoms. The molecule has 1 aliphatic rings. The highest BCUT2D eigenvalue weighted by Gasteiger charge is 2.29. The molecule has 1 amide bonds. The van der Waals surface area contributed by atoms with Gasteiger partial charge in [0, 0.05) is 17.8 Å². The zero-order chi connectivity index (χ0) is 14.3. The van der Waals surface area contributed by atoms with Gasteiger partial charge >= 0.3 is 0 Å². The largest absolute Gasteiger partial charge is 0.348 e. The Morgan fingerprint density at radius 1 is 1.45 bits per heavy atom. The lowest BCUT2D eigenvalue weighted by atomic mass is 10.2. The number of fused-ring (bicyclic) bond motifs is 1. The number of hydrogen-bond acceptors (Lipinski definition) is 5. The smallest absolute Gasteiger partial charge is 0.251 e. The summed E-state index contributed by atoms with van der Waals surface area (Å²) >= 11 is 0. The van der Waals surface area contributed by atoms with E-state index in [2.05, 4.69) is 15.5 Å². The van der Waals surface area contributed by atoms with E-state index < -0.39 is 9.84 Å². The van der Waals surface area contributed by atoms with Gasteiger partial charge in [-0.15, -0.1) is 10.2 Å². The van der Waals surface area contributed by atoms with E-state index in [1.165, 1.54) is 0 Å². The molecule has 0 aromatic carbocycles. The Morgan fingerprint density at radius 3 is 2.95 bits per heavy atom. The molecule has 2 aromatic heterocycles. The van der Waals surface area contributed by atoms with Crippen molar-refractivity contribution in [1.82, 2.24) is 19.9 Å². The Morgan fingerprint density at radius 2 is 2.25 bits per heavy atom. The van der Waals surface area contributed by atoms with Crippen molar-refractivity contribution in [2.75, 3.05) is 11.5 Å². The molecule has 20 heavy (non-hydrogen) atoms. The summed E-state index contributed by atoms with van der Waals surface area (Å²) < 4.78 is 24.5. The van der Waals surface area contributed by atoms with Gasteiger partial charge in [-0.1, -0.05) is 0 Å². The van der Waals surface area contributed by atoms with E-state index in [1.807, 2.05) is 6.92 Å². The van der Waals surface area contributed by atoms with Gasteiger partial charge < -0.3 is 5.32 Å². The maximum absolute atomic E-state index is 12.1. The molecular formula is C12H14N4O3S. The maximum atomic E-state index is 12.1. The second-order valence-corrected chi connectivity index (χ2v) is 7.19. The summed E-state index contributed by atoms with van der Waals surface area (Å²) in [6, 6.07) is 3.00. The van der Waals surface area contributed by atoms with Gasteiger partial charge in [-0.25, -0.2) is 8.42 Å². The van der Waals surface area contributed by atoms with Gasteiger partial charge in [-0.3, -0.25) is 9.20 Å². The molecule has 3 heterocycles. The number of amides is 1. The van der Waals surface area contributed by atoms with Gasteiger partial charge in [0.25, 0.3) is 5.91 Å². The van der Waals surface area contributed by atoms with Crippen LogP contribution in [-0.2, 0) is 9.84 Å². The minimum Gasteiger partial charge on any atom is -0.348 e. The number of rotatable bonds is 2. The Balaban J connectivity index is 1.79. The van der Waals surface area contributed by atoms with Crippen molar-refractivity contribution in [2.24, 2.45) is 0 Å². The van der Waals surface area contributed by atoms with Crippen LogP contribution >= 0.6 is 0 Å². The van der Waals surface area contributed by atoms with Crippen LogP contribution in [0.5, 0.6) is 0 Å². The number of nitrogens with one attached hydrogen (secondary N) is 1. The summed E-state index contributed by atoms with van der Waals surface area (Å²) in [4.78, 5) is 12.1. The van der Waals surface area contributed by atoms with Gasteiger partial charge in [0.1, 0.15) is 5.82 Å². The lowest BCUT2D eigenvalue weighted by molar-refractivity contribution is 0.0941. The summed E-state index contributed by atoms with van der Waals surface area (Å²) in [5.41, 5.74) is 1.04. The molecule has 1 aliphatic heterocycles. The third-order valence-corrected chi connectivity index (χ3v) is 5.18. The van der Waals surface area contributed by atoms with Crippen molar-refractivity contribution in [1.29, 1.82) is 0 Å². The molecule has 0 aliphatic carbocycles. The summed E-state index contributed by atoms with van der Waals surface area (Å²) in [7, 11) is -3.00. The van der Waals surface area contributed by atoms with Gasteiger partial charge in [0.2, 0.25) is 0 Å². The number of pyridine rings is 1. The van der Waals surface area contributed by atoms with Gasteiger partial charge in [0.05, 0.1) is 11.5 Å². The molecule has 1 N–H and O–H groups in total. The number of hydrogen-bond donors (Lipinski definition) is 1. The van der Waals surface area contributed by atoms with Crippen LogP contribution in [0, 0.1) is 6.92 Å². The van der Waals surface area contributed by atoms with Gasteiger partial charge in [-0.2, -0.15) is 0 Å². The van der Waals surface area contributed by atoms with E-state index in [1.54, 1.807) is 22.7 Å². The number of sulfone groups is 1. The molecule has 106 valence electrons. The van der Waals surface area contributed by atoms with Crippen molar-refractivity contribution in [3.63, 3.8) is 0 Å². The molecule has 7 nitrogen and oxygen atoms in total. The van der Waals surface area contributed by atoms with Crippen molar-refractivity contribution in [2.45, 2.75) is 19.4 Å². The highest BCUT2D eigenvalue weighted by atomic mass is 32.2. The number of nitrogens with zero attached hydrogens (tertiary/aromatic N) is 3. The summed E-state index contributed by atoms with van der Waals surface area (Å²) in [5.74, 6) is 0.620. The topological polar surface area (TPSA) is 93.4 Å². The number of carbonyl (C=O) groups excluding carboxylic acids is 1. The molecule has 2 aromatic rings. The quantitative estimate of drug-likeness (QED) is 0.838. The minimum atomic E-state index is -3.00. The van der Waals surface area contributed by atoms with E-state index in [9.17, 15) is 13.2 Å². The lowest BCUT2D eigenvalue weighted by Crippen LogP contribution is -2.35. The molecular weight excluding hydrogens is 280 g/mol. The fourth-order valence-electron chi connectivity index (χ4n) is 2.33. The molecule has 1 saturated heterocycles. The second-order valence-electron chi connectivity index (χ2n) is 4.96. The molecule has 0 radical (unpaired) electrons. The zero-order valence-corrected chi connectivity index (χ0v) is 11.7. The Bertz CT molecular complexity index is 781. The van der Waals surface area contributed by atoms with Crippen LogP contribution in [0.4, 0.5) is 0 Å².